The van der Waals surface area contributed by atoms with Gasteiger partial charge in [-0.25, -0.2) is 4.79 Å². The average molecular weight is 362 g/mol. The maximum atomic E-state index is 12.6. The quantitative estimate of drug-likeness (QED) is 0.757. The van der Waals surface area contributed by atoms with Crippen LogP contribution in [-0.4, -0.2) is 23.5 Å². The van der Waals surface area contributed by atoms with Crippen molar-refractivity contribution in [3.63, 3.8) is 0 Å². The minimum atomic E-state index is -1.02. The summed E-state index contributed by atoms with van der Waals surface area (Å²) in [6.07, 6.45) is 11.3. The molecule has 134 valence electrons. The molecule has 0 radical (unpaired) electrons. The second kappa shape index (κ2) is 7.61. The van der Waals surface area contributed by atoms with Gasteiger partial charge in [0.05, 0.1) is 10.6 Å². The van der Waals surface area contributed by atoms with E-state index in [0.717, 1.165) is 12.0 Å². The summed E-state index contributed by atoms with van der Waals surface area (Å²) < 4.78 is 0. The molecule has 4 nitrogen and oxygen atoms in total. The highest BCUT2D eigenvalue weighted by molar-refractivity contribution is 6.33. The second-order valence-corrected chi connectivity index (χ2v) is 7.86. The van der Waals surface area contributed by atoms with Crippen LogP contribution in [-0.2, 0) is 4.79 Å². The summed E-state index contributed by atoms with van der Waals surface area (Å²) in [6, 6.07) is 4.97. The monoisotopic (exact) mass is 361 g/mol. The predicted molar refractivity (Wildman–Crippen MR) is 98.7 cm³/mol. The van der Waals surface area contributed by atoms with Crippen molar-refractivity contribution < 1.29 is 14.7 Å². The summed E-state index contributed by atoms with van der Waals surface area (Å²) in [6.45, 7) is 0.702. The fourth-order valence-corrected chi connectivity index (χ4v) is 4.62. The van der Waals surface area contributed by atoms with Crippen LogP contribution >= 0.6 is 11.6 Å². The molecular weight excluding hydrogens is 338 g/mol. The minimum absolute atomic E-state index is 0.183. The van der Waals surface area contributed by atoms with Crippen LogP contribution in [0.4, 0.5) is 0 Å². The van der Waals surface area contributed by atoms with Gasteiger partial charge in [0.1, 0.15) is 0 Å². The Bertz CT molecular complexity index is 688. The van der Waals surface area contributed by atoms with Crippen molar-refractivity contribution in [2.75, 3.05) is 6.54 Å². The predicted octanol–water partition coefficient (Wildman–Crippen LogP) is 4.53. The number of carbonyl (C=O) groups is 2. The zero-order valence-electron chi connectivity index (χ0n) is 14.3. The lowest BCUT2D eigenvalue weighted by Crippen LogP contribution is -2.43. The van der Waals surface area contributed by atoms with Gasteiger partial charge >= 0.3 is 5.97 Å². The van der Waals surface area contributed by atoms with Gasteiger partial charge in [-0.3, -0.25) is 4.79 Å². The van der Waals surface area contributed by atoms with Gasteiger partial charge in [0, 0.05) is 12.6 Å². The fraction of sp³-hybridized carbons (Fsp3) is 0.500. The number of carboxylic acid groups (broad SMARTS) is 1. The van der Waals surface area contributed by atoms with Gasteiger partial charge in [0.15, 0.2) is 0 Å². The molecule has 2 N–H and O–H groups in total. The molecule has 0 heterocycles. The Hall–Kier alpha value is -1.81. The summed E-state index contributed by atoms with van der Waals surface area (Å²) in [5, 5.41) is 12.2. The summed E-state index contributed by atoms with van der Waals surface area (Å²) in [5.41, 5.74) is 1.30. The van der Waals surface area contributed by atoms with Crippen molar-refractivity contribution in [2.24, 2.45) is 11.3 Å². The maximum absolute atomic E-state index is 12.6. The number of rotatable bonds is 5. The fourth-order valence-electron chi connectivity index (χ4n) is 4.42. The molecule has 1 aromatic rings. The van der Waals surface area contributed by atoms with Crippen molar-refractivity contribution in [1.82, 2.24) is 5.32 Å². The molecule has 0 aliphatic heterocycles. The van der Waals surface area contributed by atoms with Crippen LogP contribution in [0.25, 0.3) is 6.08 Å². The molecule has 0 unspecified atom stereocenters. The Morgan fingerprint density at radius 1 is 1.28 bits per heavy atom. The first-order chi connectivity index (χ1) is 12.0. The Kier molecular flexibility index (Phi) is 5.48. The third-order valence-electron chi connectivity index (χ3n) is 5.64. The number of hydrogen-bond donors (Lipinski definition) is 2. The third kappa shape index (κ3) is 4.43. The number of carboxylic acids is 1. The van der Waals surface area contributed by atoms with Gasteiger partial charge in [-0.1, -0.05) is 43.4 Å². The number of amides is 1. The molecule has 1 amide bonds. The van der Waals surface area contributed by atoms with E-state index in [1.807, 2.05) is 0 Å². The minimum Gasteiger partial charge on any atom is -0.478 e. The topological polar surface area (TPSA) is 66.4 Å². The molecular formula is C20H24ClNO3. The SMILES string of the molecule is O=C(O)C=Cc1ccc(Cl)c(C(=O)NCC23CCCC(CCC2)C3)c1. The van der Waals surface area contributed by atoms with Gasteiger partial charge in [0.25, 0.3) is 5.91 Å². The van der Waals surface area contributed by atoms with Crippen LogP contribution < -0.4 is 5.32 Å². The number of halogens is 1. The first-order valence-corrected chi connectivity index (χ1v) is 9.34. The first-order valence-electron chi connectivity index (χ1n) is 8.96. The van der Waals surface area contributed by atoms with E-state index in [4.69, 9.17) is 16.7 Å². The van der Waals surface area contributed by atoms with E-state index in [0.29, 0.717) is 22.7 Å². The van der Waals surface area contributed by atoms with Crippen LogP contribution in [0.15, 0.2) is 24.3 Å². The summed E-state index contributed by atoms with van der Waals surface area (Å²) in [5.74, 6) is -0.380. The molecule has 3 rings (SSSR count). The standard InChI is InChI=1S/C20H24ClNO3/c21-17-7-5-14(6-8-18(23)24)11-16(17)19(25)22-13-20-9-1-3-15(12-20)4-2-10-20/h5-8,11,15H,1-4,9-10,12-13H2,(H,22,25)(H,23,24). The summed E-state index contributed by atoms with van der Waals surface area (Å²) in [4.78, 5) is 23.3. The molecule has 5 heteroatoms. The zero-order valence-corrected chi connectivity index (χ0v) is 15.0. The number of nitrogens with one attached hydrogen (secondary N) is 1. The van der Waals surface area contributed by atoms with E-state index < -0.39 is 5.97 Å². The second-order valence-electron chi connectivity index (χ2n) is 7.45. The molecule has 1 aromatic carbocycles. The van der Waals surface area contributed by atoms with E-state index in [2.05, 4.69) is 5.32 Å². The molecule has 0 atom stereocenters. The Balaban J connectivity index is 1.68. The number of benzene rings is 1. The number of carbonyl (C=O) groups excluding carboxylic acids is 1. The van der Waals surface area contributed by atoms with E-state index in [1.54, 1.807) is 18.2 Å². The van der Waals surface area contributed by atoms with Crippen molar-refractivity contribution in [1.29, 1.82) is 0 Å². The van der Waals surface area contributed by atoms with E-state index >= 15 is 0 Å². The molecule has 2 aliphatic carbocycles. The van der Waals surface area contributed by atoms with Crippen molar-refractivity contribution >= 4 is 29.6 Å². The molecule has 25 heavy (non-hydrogen) atoms. The highest BCUT2D eigenvalue weighted by atomic mass is 35.5. The van der Waals surface area contributed by atoms with Crippen molar-refractivity contribution in [2.45, 2.75) is 44.9 Å². The lowest BCUT2D eigenvalue weighted by molar-refractivity contribution is -0.131. The molecule has 2 aliphatic rings. The van der Waals surface area contributed by atoms with Crippen LogP contribution in [0.5, 0.6) is 0 Å². The Labute approximate surface area is 153 Å². The normalized spacial score (nSPS) is 25.7. The van der Waals surface area contributed by atoms with Crippen LogP contribution in [0.2, 0.25) is 5.02 Å². The largest absolute Gasteiger partial charge is 0.478 e. The van der Waals surface area contributed by atoms with Crippen LogP contribution in [0, 0.1) is 11.3 Å². The van der Waals surface area contributed by atoms with E-state index in [1.165, 1.54) is 51.0 Å². The highest BCUT2D eigenvalue weighted by Gasteiger charge is 2.39. The zero-order chi connectivity index (χ0) is 17.9. The first kappa shape index (κ1) is 18.0. The smallest absolute Gasteiger partial charge is 0.328 e. The van der Waals surface area contributed by atoms with Crippen LogP contribution in [0.3, 0.4) is 0 Å². The van der Waals surface area contributed by atoms with Gasteiger partial charge in [-0.2, -0.15) is 0 Å². The number of fused-ring (bicyclic) bond motifs is 2. The Morgan fingerprint density at radius 2 is 2.00 bits per heavy atom. The average Bonchev–Trinajstić information content (AvgIpc) is 2.59. The molecule has 0 saturated heterocycles. The highest BCUT2D eigenvalue weighted by Crippen LogP contribution is 2.48. The number of aliphatic carboxylic acids is 1. The summed E-state index contributed by atoms with van der Waals surface area (Å²) in [7, 11) is 0. The number of hydrogen-bond acceptors (Lipinski definition) is 2. The van der Waals surface area contributed by atoms with Gasteiger partial charge in [-0.15, -0.1) is 0 Å². The van der Waals surface area contributed by atoms with E-state index in [-0.39, 0.29) is 11.3 Å². The lowest BCUT2D eigenvalue weighted by atomic mass is 9.62. The third-order valence-corrected chi connectivity index (χ3v) is 5.97. The molecule has 2 fully saturated rings. The molecule has 2 bridgehead atoms. The van der Waals surface area contributed by atoms with E-state index in [9.17, 15) is 9.59 Å². The lowest BCUT2D eigenvalue weighted by Gasteiger charge is -2.45. The van der Waals surface area contributed by atoms with Gasteiger partial charge in [-0.05, 0) is 54.4 Å². The van der Waals surface area contributed by atoms with Crippen LogP contribution in [0.1, 0.15) is 60.9 Å². The molecule has 2 saturated carbocycles. The van der Waals surface area contributed by atoms with Crippen molar-refractivity contribution in [3.8, 4) is 0 Å². The van der Waals surface area contributed by atoms with Crippen molar-refractivity contribution in [3.05, 3.63) is 40.4 Å². The van der Waals surface area contributed by atoms with Gasteiger partial charge in [0.2, 0.25) is 0 Å². The summed E-state index contributed by atoms with van der Waals surface area (Å²) >= 11 is 6.18. The Morgan fingerprint density at radius 3 is 2.68 bits per heavy atom. The molecule has 0 spiro atoms. The maximum Gasteiger partial charge on any atom is 0.328 e. The van der Waals surface area contributed by atoms with Gasteiger partial charge < -0.3 is 10.4 Å². The molecule has 0 aromatic heterocycles.